The lowest BCUT2D eigenvalue weighted by atomic mass is 9.92. The molecule has 27 heavy (non-hydrogen) atoms. The summed E-state index contributed by atoms with van der Waals surface area (Å²) < 4.78 is 21.6. The number of benzene rings is 2. The molecule has 4 rings (SSSR count). The van der Waals surface area contributed by atoms with Crippen molar-refractivity contribution in [3.8, 4) is 16.9 Å². The number of fused-ring (bicyclic) bond motifs is 3. The fourth-order valence-electron chi connectivity index (χ4n) is 3.61. The maximum absolute atomic E-state index is 14.8. The number of rotatable bonds is 4. The Morgan fingerprint density at radius 3 is 2.78 bits per heavy atom. The summed E-state index contributed by atoms with van der Waals surface area (Å²) in [4.78, 5) is 4.67. The molecule has 2 N–H and O–H groups in total. The summed E-state index contributed by atoms with van der Waals surface area (Å²) in [6, 6.07) is 9.42. The van der Waals surface area contributed by atoms with E-state index < -0.39 is 0 Å². The molecule has 4 aromatic rings. The molecule has 3 nitrogen and oxygen atoms in total. The van der Waals surface area contributed by atoms with Crippen LogP contribution < -0.4 is 10.5 Å². The van der Waals surface area contributed by atoms with Crippen LogP contribution in [0.4, 0.5) is 4.39 Å². The molecular weight excluding hydrogens is 359 g/mol. The van der Waals surface area contributed by atoms with Crippen LogP contribution in [0.2, 0.25) is 0 Å². The molecule has 0 saturated heterocycles. The molecule has 5 heteroatoms. The van der Waals surface area contributed by atoms with Gasteiger partial charge in [0.1, 0.15) is 11.6 Å². The van der Waals surface area contributed by atoms with Gasteiger partial charge >= 0.3 is 0 Å². The van der Waals surface area contributed by atoms with Crippen molar-refractivity contribution in [1.82, 2.24) is 4.98 Å². The van der Waals surface area contributed by atoms with E-state index in [-0.39, 0.29) is 11.7 Å². The Kier molecular flexibility index (Phi) is 4.58. The van der Waals surface area contributed by atoms with E-state index >= 15 is 0 Å². The third-order valence-corrected chi connectivity index (χ3v) is 5.97. The van der Waals surface area contributed by atoms with Crippen molar-refractivity contribution in [1.29, 1.82) is 0 Å². The fraction of sp³-hybridized carbons (Fsp3) is 0.227. The molecule has 1 atom stereocenters. The van der Waals surface area contributed by atoms with Gasteiger partial charge in [-0.1, -0.05) is 19.1 Å². The minimum absolute atomic E-state index is 0.0269. The Morgan fingerprint density at radius 1 is 1.26 bits per heavy atom. The van der Waals surface area contributed by atoms with Crippen LogP contribution >= 0.6 is 11.3 Å². The predicted octanol–water partition coefficient (Wildman–Crippen LogP) is 5.63. The van der Waals surface area contributed by atoms with Gasteiger partial charge in [-0.05, 0) is 59.7 Å². The smallest absolute Gasteiger partial charge is 0.127 e. The van der Waals surface area contributed by atoms with Crippen LogP contribution in [-0.2, 0) is 0 Å². The molecule has 0 aliphatic rings. The minimum Gasteiger partial charge on any atom is -0.496 e. The Balaban J connectivity index is 2.07. The van der Waals surface area contributed by atoms with Crippen LogP contribution in [0.3, 0.4) is 0 Å². The SMILES string of the molecule is COc1cc(C)c2ncc3sccc3c2c1-c1ccc(C(C)CN)c(F)c1. The van der Waals surface area contributed by atoms with Crippen molar-refractivity contribution in [2.45, 2.75) is 19.8 Å². The second-order valence-electron chi connectivity index (χ2n) is 6.82. The molecule has 0 radical (unpaired) electrons. The van der Waals surface area contributed by atoms with Crippen molar-refractivity contribution in [3.05, 3.63) is 58.9 Å². The van der Waals surface area contributed by atoms with Crippen LogP contribution in [0.15, 0.2) is 41.9 Å². The molecule has 0 bridgehead atoms. The van der Waals surface area contributed by atoms with Crippen molar-refractivity contribution >= 4 is 32.3 Å². The number of ether oxygens (including phenoxy) is 1. The first-order valence-electron chi connectivity index (χ1n) is 8.88. The number of nitrogens with zero attached hydrogens (tertiary/aromatic N) is 1. The molecule has 2 aromatic carbocycles. The molecule has 1 unspecified atom stereocenters. The zero-order valence-corrected chi connectivity index (χ0v) is 16.4. The number of aryl methyl sites for hydroxylation is 1. The van der Waals surface area contributed by atoms with Gasteiger partial charge in [-0.25, -0.2) is 4.39 Å². The first-order chi connectivity index (χ1) is 13.0. The zero-order valence-electron chi connectivity index (χ0n) is 15.5. The van der Waals surface area contributed by atoms with Crippen molar-refractivity contribution in [2.75, 3.05) is 13.7 Å². The van der Waals surface area contributed by atoms with Crippen LogP contribution in [0.25, 0.3) is 32.1 Å². The summed E-state index contributed by atoms with van der Waals surface area (Å²) >= 11 is 1.65. The zero-order chi connectivity index (χ0) is 19.1. The van der Waals surface area contributed by atoms with E-state index in [1.807, 2.05) is 38.2 Å². The first-order valence-corrected chi connectivity index (χ1v) is 9.76. The molecular formula is C22H21FN2OS. The Bertz CT molecular complexity index is 1150. The fourth-order valence-corrected chi connectivity index (χ4v) is 4.37. The van der Waals surface area contributed by atoms with Gasteiger partial charge in [-0.15, -0.1) is 11.3 Å². The highest BCUT2D eigenvalue weighted by molar-refractivity contribution is 7.17. The molecule has 2 aromatic heterocycles. The van der Waals surface area contributed by atoms with E-state index in [4.69, 9.17) is 10.5 Å². The highest BCUT2D eigenvalue weighted by Gasteiger charge is 2.19. The van der Waals surface area contributed by atoms with Crippen molar-refractivity contribution in [2.24, 2.45) is 5.73 Å². The molecule has 0 spiro atoms. The summed E-state index contributed by atoms with van der Waals surface area (Å²) in [5, 5.41) is 4.17. The van der Waals surface area contributed by atoms with Gasteiger partial charge in [0.2, 0.25) is 0 Å². The lowest BCUT2D eigenvalue weighted by molar-refractivity contribution is 0.416. The number of hydrogen-bond donors (Lipinski definition) is 1. The van der Waals surface area contributed by atoms with E-state index in [0.29, 0.717) is 12.1 Å². The van der Waals surface area contributed by atoms with Crippen molar-refractivity contribution < 1.29 is 9.13 Å². The number of thiophene rings is 1. The molecule has 0 amide bonds. The summed E-state index contributed by atoms with van der Waals surface area (Å²) in [7, 11) is 1.65. The topological polar surface area (TPSA) is 48.1 Å². The third-order valence-electron chi connectivity index (χ3n) is 5.12. The second-order valence-corrected chi connectivity index (χ2v) is 7.77. The highest BCUT2D eigenvalue weighted by atomic mass is 32.1. The predicted molar refractivity (Wildman–Crippen MR) is 111 cm³/mol. The van der Waals surface area contributed by atoms with Gasteiger partial charge in [-0.3, -0.25) is 4.98 Å². The average molecular weight is 380 g/mol. The summed E-state index contributed by atoms with van der Waals surface area (Å²) in [5.74, 6) is 0.451. The van der Waals surface area contributed by atoms with Gasteiger partial charge in [0, 0.05) is 22.5 Å². The number of methoxy groups -OCH3 is 1. The van der Waals surface area contributed by atoms with E-state index in [9.17, 15) is 4.39 Å². The molecule has 0 fully saturated rings. The summed E-state index contributed by atoms with van der Waals surface area (Å²) in [6.45, 7) is 4.36. The van der Waals surface area contributed by atoms with Crippen molar-refractivity contribution in [3.63, 3.8) is 0 Å². The molecule has 138 valence electrons. The normalized spacial score (nSPS) is 12.6. The van der Waals surface area contributed by atoms with E-state index in [1.54, 1.807) is 24.5 Å². The van der Waals surface area contributed by atoms with Gasteiger partial charge in [-0.2, -0.15) is 0 Å². The number of pyridine rings is 1. The first kappa shape index (κ1) is 17.9. The third kappa shape index (κ3) is 2.87. The Hall–Kier alpha value is -2.50. The second kappa shape index (κ2) is 6.91. The number of nitrogens with two attached hydrogens (primary N) is 1. The highest BCUT2D eigenvalue weighted by Crippen LogP contribution is 2.43. The Morgan fingerprint density at radius 2 is 2.07 bits per heavy atom. The lowest BCUT2D eigenvalue weighted by Gasteiger charge is -2.17. The summed E-state index contributed by atoms with van der Waals surface area (Å²) in [6.07, 6.45) is 1.90. The number of halogens is 1. The maximum Gasteiger partial charge on any atom is 0.127 e. The minimum atomic E-state index is -0.244. The lowest BCUT2D eigenvalue weighted by Crippen LogP contribution is -2.10. The molecule has 0 saturated carbocycles. The van der Waals surface area contributed by atoms with Gasteiger partial charge in [0.05, 0.1) is 17.3 Å². The summed E-state index contributed by atoms with van der Waals surface area (Å²) in [5.41, 5.74) is 9.95. The largest absolute Gasteiger partial charge is 0.496 e. The van der Waals surface area contributed by atoms with E-state index in [0.717, 1.165) is 43.4 Å². The number of aromatic nitrogens is 1. The monoisotopic (exact) mass is 380 g/mol. The van der Waals surface area contributed by atoms with Gasteiger partial charge < -0.3 is 10.5 Å². The van der Waals surface area contributed by atoms with E-state index in [2.05, 4.69) is 16.4 Å². The standard InChI is InChI=1S/C22H21FN2OS/c1-12-8-18(26-3)20(14-4-5-15(13(2)10-24)17(23)9-14)21-16-6-7-27-19(16)11-25-22(12)21/h4-9,11,13H,10,24H2,1-3H3. The van der Waals surface area contributed by atoms with E-state index in [1.165, 1.54) is 0 Å². The average Bonchev–Trinajstić information content (AvgIpc) is 3.16. The van der Waals surface area contributed by atoms with Crippen LogP contribution in [0.5, 0.6) is 5.75 Å². The Labute approximate surface area is 161 Å². The number of hydrogen-bond acceptors (Lipinski definition) is 4. The molecule has 2 heterocycles. The van der Waals surface area contributed by atoms with Crippen LogP contribution in [0.1, 0.15) is 24.0 Å². The molecule has 0 aliphatic heterocycles. The van der Waals surface area contributed by atoms with Crippen LogP contribution in [0, 0.1) is 12.7 Å². The van der Waals surface area contributed by atoms with Crippen LogP contribution in [-0.4, -0.2) is 18.6 Å². The van der Waals surface area contributed by atoms with Gasteiger partial charge in [0.15, 0.2) is 0 Å². The van der Waals surface area contributed by atoms with Gasteiger partial charge in [0.25, 0.3) is 0 Å². The maximum atomic E-state index is 14.8. The quantitative estimate of drug-likeness (QED) is 0.499. The molecule has 0 aliphatic carbocycles.